The van der Waals surface area contributed by atoms with Crippen molar-refractivity contribution in [2.45, 2.75) is 17.3 Å². The molecule has 0 radical (unpaired) electrons. The van der Waals surface area contributed by atoms with Crippen LogP contribution < -0.4 is 10.2 Å². The third kappa shape index (κ3) is 6.85. The average Bonchev–Trinajstić information content (AvgIpc) is 3.34. The Hall–Kier alpha value is -3.33. The van der Waals surface area contributed by atoms with Crippen molar-refractivity contribution in [2.24, 2.45) is 5.10 Å². The molecular formula is C25H21Cl2N5O2S. The lowest BCUT2D eigenvalue weighted by Crippen LogP contribution is -2.18. The molecule has 0 saturated heterocycles. The van der Waals surface area contributed by atoms with Gasteiger partial charge in [0.2, 0.25) is 0 Å². The van der Waals surface area contributed by atoms with Gasteiger partial charge in [-0.3, -0.25) is 9.48 Å². The molecule has 1 amide bonds. The summed E-state index contributed by atoms with van der Waals surface area (Å²) < 4.78 is 7.10. The highest BCUT2D eigenvalue weighted by molar-refractivity contribution is 7.98. The van der Waals surface area contributed by atoms with Gasteiger partial charge < -0.3 is 4.74 Å². The predicted octanol–water partition coefficient (Wildman–Crippen LogP) is 5.70. The number of aromatic nitrogens is 3. The number of hydrazone groups is 1. The van der Waals surface area contributed by atoms with Gasteiger partial charge >= 0.3 is 0 Å². The van der Waals surface area contributed by atoms with Crippen molar-refractivity contribution in [2.75, 3.05) is 7.11 Å². The lowest BCUT2D eigenvalue weighted by molar-refractivity contribution is 0.0949. The Morgan fingerprint density at radius 2 is 2.03 bits per heavy atom. The lowest BCUT2D eigenvalue weighted by Gasteiger charge is -2.09. The molecule has 178 valence electrons. The molecular weight excluding hydrogens is 505 g/mol. The zero-order chi connectivity index (χ0) is 24.6. The van der Waals surface area contributed by atoms with Gasteiger partial charge in [-0.2, -0.15) is 10.2 Å². The first-order chi connectivity index (χ1) is 17.0. The van der Waals surface area contributed by atoms with E-state index in [9.17, 15) is 4.79 Å². The number of hydrogen-bond acceptors (Lipinski definition) is 6. The van der Waals surface area contributed by atoms with Crippen molar-refractivity contribution in [3.8, 4) is 5.75 Å². The van der Waals surface area contributed by atoms with Crippen molar-refractivity contribution in [1.82, 2.24) is 20.2 Å². The van der Waals surface area contributed by atoms with Gasteiger partial charge in [-0.25, -0.2) is 10.4 Å². The van der Waals surface area contributed by atoms with E-state index in [2.05, 4.69) is 20.6 Å². The number of pyridine rings is 1. The van der Waals surface area contributed by atoms with Gasteiger partial charge in [0.05, 0.1) is 24.9 Å². The molecule has 4 aromatic rings. The number of rotatable bonds is 9. The third-order valence-electron chi connectivity index (χ3n) is 4.92. The van der Waals surface area contributed by atoms with Crippen LogP contribution in [-0.4, -0.2) is 34.0 Å². The van der Waals surface area contributed by atoms with Crippen LogP contribution in [0.25, 0.3) is 0 Å². The second-order valence-electron chi connectivity index (χ2n) is 7.36. The van der Waals surface area contributed by atoms with E-state index in [0.29, 0.717) is 22.3 Å². The van der Waals surface area contributed by atoms with Gasteiger partial charge in [0.25, 0.3) is 5.91 Å². The minimum atomic E-state index is -0.415. The number of carbonyl (C=O) groups excluding carboxylic acids is 1. The summed E-state index contributed by atoms with van der Waals surface area (Å²) in [7, 11) is 1.64. The van der Waals surface area contributed by atoms with Crippen LogP contribution in [0.2, 0.25) is 10.0 Å². The zero-order valence-electron chi connectivity index (χ0n) is 18.7. The van der Waals surface area contributed by atoms with E-state index in [4.69, 9.17) is 27.9 Å². The van der Waals surface area contributed by atoms with Gasteiger partial charge in [0.1, 0.15) is 5.75 Å². The molecule has 0 aliphatic heterocycles. The Morgan fingerprint density at radius 1 is 1.14 bits per heavy atom. The van der Waals surface area contributed by atoms with Crippen molar-refractivity contribution < 1.29 is 9.53 Å². The summed E-state index contributed by atoms with van der Waals surface area (Å²) in [5.74, 6) is 1.05. The summed E-state index contributed by atoms with van der Waals surface area (Å²) in [4.78, 5) is 16.8. The van der Waals surface area contributed by atoms with Gasteiger partial charge in [0, 0.05) is 33.8 Å². The molecule has 0 unspecified atom stereocenters. The number of methoxy groups -OCH3 is 1. The molecule has 1 N–H and O–H groups in total. The Kier molecular flexibility index (Phi) is 8.41. The fourth-order valence-electron chi connectivity index (χ4n) is 3.19. The molecule has 35 heavy (non-hydrogen) atoms. The Bertz CT molecular complexity index is 1340. The van der Waals surface area contributed by atoms with Gasteiger partial charge in [-0.1, -0.05) is 35.3 Å². The van der Waals surface area contributed by atoms with E-state index in [-0.39, 0.29) is 5.69 Å². The molecule has 0 spiro atoms. The molecule has 0 fully saturated rings. The van der Waals surface area contributed by atoms with E-state index in [0.717, 1.165) is 27.5 Å². The second kappa shape index (κ2) is 11.9. The van der Waals surface area contributed by atoms with Crippen LogP contribution in [-0.2, 0) is 12.3 Å². The van der Waals surface area contributed by atoms with Crippen LogP contribution in [0.4, 0.5) is 0 Å². The molecule has 4 rings (SSSR count). The number of thioether (sulfide) groups is 1. The van der Waals surface area contributed by atoms with E-state index in [1.54, 1.807) is 60.4 Å². The summed E-state index contributed by atoms with van der Waals surface area (Å²) in [6.07, 6.45) is 5.05. The fraction of sp³-hybridized carbons (Fsp3) is 0.120. The number of nitrogens with zero attached hydrogens (tertiary/aromatic N) is 4. The number of hydrogen-bond donors (Lipinski definition) is 1. The summed E-state index contributed by atoms with van der Waals surface area (Å²) >= 11 is 13.8. The van der Waals surface area contributed by atoms with Crippen LogP contribution in [0.5, 0.6) is 5.75 Å². The normalized spacial score (nSPS) is 11.1. The monoisotopic (exact) mass is 525 g/mol. The van der Waals surface area contributed by atoms with E-state index >= 15 is 0 Å². The molecule has 0 atom stereocenters. The standard InChI is InChI=1S/C25H21Cl2N5O2S/c1-34-23-8-5-17(12-19(23)16-35-24-4-2-3-10-28-24)14-29-30-25(33)22-9-11-32(31-22)15-18-6-7-20(26)13-21(18)27/h2-14H,15-16H2,1H3,(H,30,33)/b29-14-. The maximum Gasteiger partial charge on any atom is 0.291 e. The summed E-state index contributed by atoms with van der Waals surface area (Å²) in [5, 5.41) is 10.4. The summed E-state index contributed by atoms with van der Waals surface area (Å²) in [5.41, 5.74) is 5.43. The minimum Gasteiger partial charge on any atom is -0.496 e. The summed E-state index contributed by atoms with van der Waals surface area (Å²) in [6.45, 7) is 0.414. The number of ether oxygens (including phenoxy) is 1. The molecule has 2 heterocycles. The van der Waals surface area contributed by atoms with Crippen molar-refractivity contribution >= 4 is 47.1 Å². The third-order valence-corrected chi connectivity index (χ3v) is 6.50. The Balaban J connectivity index is 1.36. The molecule has 0 bridgehead atoms. The van der Waals surface area contributed by atoms with Crippen LogP contribution in [0.1, 0.15) is 27.2 Å². The maximum absolute atomic E-state index is 12.5. The van der Waals surface area contributed by atoms with Crippen molar-refractivity contribution in [3.05, 3.63) is 105 Å². The van der Waals surface area contributed by atoms with E-state index in [1.807, 2.05) is 42.5 Å². The SMILES string of the molecule is COc1ccc(/C=N\NC(=O)c2ccn(Cc3ccc(Cl)cc3Cl)n2)cc1CSc1ccccn1. The van der Waals surface area contributed by atoms with E-state index in [1.165, 1.54) is 0 Å². The molecule has 0 aliphatic carbocycles. The van der Waals surface area contributed by atoms with Crippen LogP contribution >= 0.6 is 35.0 Å². The fourth-order valence-corrected chi connectivity index (χ4v) is 4.50. The topological polar surface area (TPSA) is 81.4 Å². The first-order valence-corrected chi connectivity index (χ1v) is 12.3. The number of benzene rings is 2. The average molecular weight is 526 g/mol. The van der Waals surface area contributed by atoms with Crippen LogP contribution in [0.3, 0.4) is 0 Å². The molecule has 2 aromatic carbocycles. The zero-order valence-corrected chi connectivity index (χ0v) is 21.0. The minimum absolute atomic E-state index is 0.245. The van der Waals surface area contributed by atoms with E-state index < -0.39 is 5.91 Å². The number of carbonyl (C=O) groups is 1. The Labute approximate surface area is 217 Å². The molecule has 0 aliphatic rings. The summed E-state index contributed by atoms with van der Waals surface area (Å²) in [6, 6.07) is 18.4. The first kappa shape index (κ1) is 24.8. The number of nitrogens with one attached hydrogen (secondary N) is 1. The predicted molar refractivity (Wildman–Crippen MR) is 140 cm³/mol. The first-order valence-electron chi connectivity index (χ1n) is 10.5. The van der Waals surface area contributed by atoms with Crippen molar-refractivity contribution in [1.29, 1.82) is 0 Å². The molecule has 0 saturated carbocycles. The van der Waals surface area contributed by atoms with Gasteiger partial charge in [-0.05, 0) is 59.7 Å². The highest BCUT2D eigenvalue weighted by Crippen LogP contribution is 2.27. The molecule has 7 nitrogen and oxygen atoms in total. The molecule has 2 aromatic heterocycles. The van der Waals surface area contributed by atoms with Crippen LogP contribution in [0.15, 0.2) is 83.2 Å². The highest BCUT2D eigenvalue weighted by Gasteiger charge is 2.10. The smallest absolute Gasteiger partial charge is 0.291 e. The highest BCUT2D eigenvalue weighted by atomic mass is 35.5. The Morgan fingerprint density at radius 3 is 2.80 bits per heavy atom. The van der Waals surface area contributed by atoms with Crippen LogP contribution in [0, 0.1) is 0 Å². The quantitative estimate of drug-likeness (QED) is 0.172. The number of amides is 1. The van der Waals surface area contributed by atoms with Crippen molar-refractivity contribution in [3.63, 3.8) is 0 Å². The lowest BCUT2D eigenvalue weighted by atomic mass is 10.1. The maximum atomic E-state index is 12.5. The molecule has 10 heteroatoms. The second-order valence-corrected chi connectivity index (χ2v) is 9.20. The number of halogens is 2. The largest absolute Gasteiger partial charge is 0.496 e. The van der Waals surface area contributed by atoms with Gasteiger partial charge in [0.15, 0.2) is 5.69 Å². The van der Waals surface area contributed by atoms with Gasteiger partial charge in [-0.15, -0.1) is 11.8 Å².